The quantitative estimate of drug-likeness (QED) is 0.835. The highest BCUT2D eigenvalue weighted by molar-refractivity contribution is 5.92. The third kappa shape index (κ3) is 3.61. The topological polar surface area (TPSA) is 85.8 Å². The first-order valence-corrected chi connectivity index (χ1v) is 6.24. The molecule has 0 aliphatic carbocycles. The first kappa shape index (κ1) is 14.1. The molecule has 20 heavy (non-hydrogen) atoms. The molecule has 2 aromatic rings. The Kier molecular flexibility index (Phi) is 4.41. The second-order valence-electron chi connectivity index (χ2n) is 4.54. The van der Waals surface area contributed by atoms with Gasteiger partial charge in [0, 0.05) is 12.6 Å². The summed E-state index contributed by atoms with van der Waals surface area (Å²) in [6.45, 7) is 2.50. The Bertz CT molecular complexity index is 598. The highest BCUT2D eigenvalue weighted by Crippen LogP contribution is 2.05. The molecule has 106 valence electrons. The molecule has 1 aromatic heterocycles. The van der Waals surface area contributed by atoms with Crippen molar-refractivity contribution in [2.45, 2.75) is 19.5 Å². The van der Waals surface area contributed by atoms with Gasteiger partial charge in [-0.2, -0.15) is 0 Å². The van der Waals surface area contributed by atoms with Gasteiger partial charge in [-0.1, -0.05) is 17.3 Å². The van der Waals surface area contributed by atoms with Gasteiger partial charge in [0.05, 0.1) is 12.7 Å². The molecule has 0 radical (unpaired) electrons. The lowest BCUT2D eigenvalue weighted by atomic mass is 10.2. The number of nitrogens with one attached hydrogen (secondary N) is 1. The lowest BCUT2D eigenvalue weighted by Crippen LogP contribution is -2.37. The van der Waals surface area contributed by atoms with Gasteiger partial charge < -0.3 is 11.1 Å². The van der Waals surface area contributed by atoms with Crippen molar-refractivity contribution in [1.29, 1.82) is 0 Å². The summed E-state index contributed by atoms with van der Waals surface area (Å²) in [4.78, 5) is 11.8. The zero-order valence-electron chi connectivity index (χ0n) is 11.1. The number of carbonyl (C=O) groups is 1. The van der Waals surface area contributed by atoms with Crippen molar-refractivity contribution >= 4 is 5.91 Å². The maximum Gasteiger partial charge on any atom is 0.273 e. The van der Waals surface area contributed by atoms with Crippen LogP contribution < -0.4 is 11.1 Å². The fraction of sp³-hybridized carbons (Fsp3) is 0.308. The Morgan fingerprint density at radius 3 is 3.05 bits per heavy atom. The molecule has 0 bridgehead atoms. The molecule has 0 aliphatic rings. The first-order valence-electron chi connectivity index (χ1n) is 6.24. The average Bonchev–Trinajstić information content (AvgIpc) is 2.87. The Balaban J connectivity index is 2.04. The predicted octanol–water partition coefficient (Wildman–Crippen LogP) is 0.542. The van der Waals surface area contributed by atoms with Crippen LogP contribution >= 0.6 is 0 Å². The maximum atomic E-state index is 13.1. The van der Waals surface area contributed by atoms with E-state index in [1.807, 2.05) is 0 Å². The number of carbonyl (C=O) groups excluding carboxylic acids is 1. The van der Waals surface area contributed by atoms with Gasteiger partial charge in [-0.05, 0) is 24.6 Å². The van der Waals surface area contributed by atoms with E-state index in [1.165, 1.54) is 23.0 Å². The molecule has 1 aromatic carbocycles. The van der Waals surface area contributed by atoms with E-state index in [4.69, 9.17) is 5.73 Å². The minimum absolute atomic E-state index is 0.129. The van der Waals surface area contributed by atoms with Crippen molar-refractivity contribution in [2.75, 3.05) is 6.54 Å². The van der Waals surface area contributed by atoms with Crippen molar-refractivity contribution in [3.05, 3.63) is 47.5 Å². The molecule has 0 fully saturated rings. The molecule has 3 N–H and O–H groups in total. The van der Waals surface area contributed by atoms with Gasteiger partial charge in [0.25, 0.3) is 5.91 Å². The first-order chi connectivity index (χ1) is 9.58. The molecule has 6 nitrogen and oxygen atoms in total. The Labute approximate surface area is 115 Å². The highest BCUT2D eigenvalue weighted by atomic mass is 19.1. The van der Waals surface area contributed by atoms with E-state index < -0.39 is 0 Å². The Hall–Kier alpha value is -2.28. The number of hydrogen-bond acceptors (Lipinski definition) is 4. The Morgan fingerprint density at radius 1 is 1.55 bits per heavy atom. The minimum Gasteiger partial charge on any atom is -0.347 e. The van der Waals surface area contributed by atoms with E-state index in [0.29, 0.717) is 13.1 Å². The summed E-state index contributed by atoms with van der Waals surface area (Å²) < 4.78 is 14.5. The SMILES string of the molecule is C[C@@H](CN)NC(=O)c1cn(Cc2cccc(F)c2)nn1. The largest absolute Gasteiger partial charge is 0.347 e. The van der Waals surface area contributed by atoms with Crippen LogP contribution in [0.4, 0.5) is 4.39 Å². The number of benzene rings is 1. The van der Waals surface area contributed by atoms with Crippen molar-refractivity contribution < 1.29 is 9.18 Å². The molecule has 2 rings (SSSR count). The van der Waals surface area contributed by atoms with Crippen LogP contribution in [0.2, 0.25) is 0 Å². The van der Waals surface area contributed by atoms with Crippen LogP contribution in [0.5, 0.6) is 0 Å². The van der Waals surface area contributed by atoms with Crippen LogP contribution in [-0.4, -0.2) is 33.5 Å². The number of nitrogens with two attached hydrogens (primary N) is 1. The number of aromatic nitrogens is 3. The van der Waals surface area contributed by atoms with Crippen LogP contribution in [0.25, 0.3) is 0 Å². The molecule has 0 saturated heterocycles. The molecule has 0 saturated carbocycles. The van der Waals surface area contributed by atoms with Crippen molar-refractivity contribution in [3.8, 4) is 0 Å². The zero-order valence-corrected chi connectivity index (χ0v) is 11.1. The lowest BCUT2D eigenvalue weighted by Gasteiger charge is -2.08. The molecular formula is C13H16FN5O. The van der Waals surface area contributed by atoms with Crippen molar-refractivity contribution in [1.82, 2.24) is 20.3 Å². The van der Waals surface area contributed by atoms with Crippen LogP contribution in [0.15, 0.2) is 30.5 Å². The van der Waals surface area contributed by atoms with Crippen LogP contribution in [0.3, 0.4) is 0 Å². The zero-order chi connectivity index (χ0) is 14.5. The lowest BCUT2D eigenvalue weighted by molar-refractivity contribution is 0.0936. The van der Waals surface area contributed by atoms with E-state index in [-0.39, 0.29) is 23.5 Å². The summed E-state index contributed by atoms with van der Waals surface area (Å²) in [6.07, 6.45) is 1.52. The second kappa shape index (κ2) is 6.25. The second-order valence-corrected chi connectivity index (χ2v) is 4.54. The van der Waals surface area contributed by atoms with E-state index in [9.17, 15) is 9.18 Å². The van der Waals surface area contributed by atoms with Crippen LogP contribution in [0.1, 0.15) is 23.0 Å². The molecule has 0 aliphatic heterocycles. The fourth-order valence-corrected chi connectivity index (χ4v) is 1.66. The third-order valence-electron chi connectivity index (χ3n) is 2.74. The maximum absolute atomic E-state index is 13.1. The summed E-state index contributed by atoms with van der Waals surface area (Å²) in [5, 5.41) is 10.3. The average molecular weight is 277 g/mol. The van der Waals surface area contributed by atoms with E-state index in [1.54, 1.807) is 19.1 Å². The number of rotatable bonds is 5. The van der Waals surface area contributed by atoms with Gasteiger partial charge in [0.1, 0.15) is 5.82 Å². The highest BCUT2D eigenvalue weighted by Gasteiger charge is 2.12. The standard InChI is InChI=1S/C13H16FN5O/c1-9(6-15)16-13(20)12-8-19(18-17-12)7-10-3-2-4-11(14)5-10/h2-5,8-9H,6-7,15H2,1H3,(H,16,20)/t9-/m0/s1. The van der Waals surface area contributed by atoms with Gasteiger partial charge >= 0.3 is 0 Å². The van der Waals surface area contributed by atoms with Crippen molar-refractivity contribution in [3.63, 3.8) is 0 Å². The molecule has 0 unspecified atom stereocenters. The molecule has 7 heteroatoms. The van der Waals surface area contributed by atoms with Gasteiger partial charge in [-0.15, -0.1) is 5.10 Å². The molecule has 1 heterocycles. The summed E-state index contributed by atoms with van der Waals surface area (Å²) >= 11 is 0. The minimum atomic E-state index is -0.326. The molecule has 1 atom stereocenters. The number of hydrogen-bond donors (Lipinski definition) is 2. The van der Waals surface area contributed by atoms with Gasteiger partial charge in [0.15, 0.2) is 5.69 Å². The van der Waals surface area contributed by atoms with Gasteiger partial charge in [-0.25, -0.2) is 9.07 Å². The predicted molar refractivity (Wildman–Crippen MR) is 71.5 cm³/mol. The van der Waals surface area contributed by atoms with Crippen LogP contribution in [0, 0.1) is 5.82 Å². The van der Waals surface area contributed by atoms with Crippen molar-refractivity contribution in [2.24, 2.45) is 5.73 Å². The van der Waals surface area contributed by atoms with Gasteiger partial charge in [0.2, 0.25) is 0 Å². The molecule has 0 spiro atoms. The van der Waals surface area contributed by atoms with Crippen LogP contribution in [-0.2, 0) is 6.54 Å². The fourth-order valence-electron chi connectivity index (χ4n) is 1.66. The summed E-state index contributed by atoms with van der Waals surface area (Å²) in [7, 11) is 0. The van der Waals surface area contributed by atoms with E-state index in [0.717, 1.165) is 5.56 Å². The normalized spacial score (nSPS) is 12.2. The number of nitrogens with zero attached hydrogens (tertiary/aromatic N) is 3. The van der Waals surface area contributed by atoms with E-state index >= 15 is 0 Å². The molecule has 1 amide bonds. The Morgan fingerprint density at radius 2 is 2.35 bits per heavy atom. The van der Waals surface area contributed by atoms with E-state index in [2.05, 4.69) is 15.6 Å². The monoisotopic (exact) mass is 277 g/mol. The van der Waals surface area contributed by atoms with Gasteiger partial charge in [-0.3, -0.25) is 4.79 Å². The number of halogens is 1. The summed E-state index contributed by atoms with van der Waals surface area (Å²) in [5.41, 5.74) is 6.39. The molecular weight excluding hydrogens is 261 g/mol. The summed E-state index contributed by atoms with van der Waals surface area (Å²) in [6, 6.07) is 6.06. The smallest absolute Gasteiger partial charge is 0.273 e. The number of amides is 1. The third-order valence-corrected chi connectivity index (χ3v) is 2.74. The summed E-state index contributed by atoms with van der Waals surface area (Å²) in [5.74, 6) is -0.634.